The summed E-state index contributed by atoms with van der Waals surface area (Å²) in [6.45, 7) is 7.13. The number of nitrogens with one attached hydrogen (secondary N) is 3. The van der Waals surface area contributed by atoms with Crippen molar-refractivity contribution in [2.75, 3.05) is 19.4 Å². The van der Waals surface area contributed by atoms with Crippen LogP contribution in [0.4, 0.5) is 10.2 Å². The van der Waals surface area contributed by atoms with Crippen LogP contribution in [0.15, 0.2) is 59.7 Å². The van der Waals surface area contributed by atoms with E-state index in [-0.39, 0.29) is 24.1 Å². The van der Waals surface area contributed by atoms with E-state index >= 15 is 0 Å². The molecule has 0 unspecified atom stereocenters. The number of likely N-dealkylation sites (N-methyl/N-ethyl adjacent to an activating group) is 1. The number of anilines is 1. The molecule has 3 N–H and O–H groups in total. The number of amides is 2. The molecule has 5 aromatic rings. The lowest BCUT2D eigenvalue weighted by atomic mass is 9.99. The minimum absolute atomic E-state index is 0.00789. The Hall–Kier alpha value is -5.23. The van der Waals surface area contributed by atoms with Crippen molar-refractivity contribution in [1.29, 1.82) is 0 Å². The number of rotatable bonds is 8. The van der Waals surface area contributed by atoms with Gasteiger partial charge < -0.3 is 20.5 Å². The summed E-state index contributed by atoms with van der Waals surface area (Å²) in [7, 11) is 3.19. The van der Waals surface area contributed by atoms with Gasteiger partial charge in [0, 0.05) is 35.8 Å². The maximum atomic E-state index is 14.0. The number of hydrogen-bond acceptors (Lipinski definition) is 7. The Bertz CT molecular complexity index is 1980. The summed E-state index contributed by atoms with van der Waals surface area (Å²) in [5.41, 5.74) is 3.81. The van der Waals surface area contributed by atoms with Gasteiger partial charge in [-0.15, -0.1) is 0 Å². The van der Waals surface area contributed by atoms with Crippen LogP contribution in [0.5, 0.6) is 0 Å². The fraction of sp³-hybridized carbons (Fsp3) is 0.250. The smallest absolute Gasteiger partial charge is 0.294 e. The molecule has 226 valence electrons. The van der Waals surface area contributed by atoms with Crippen molar-refractivity contribution in [3.8, 4) is 17.1 Å². The molecule has 3 aromatic heterocycles. The summed E-state index contributed by atoms with van der Waals surface area (Å²) in [5.74, 6) is -0.125. The van der Waals surface area contributed by atoms with E-state index in [0.29, 0.717) is 39.7 Å². The van der Waals surface area contributed by atoms with E-state index in [2.05, 4.69) is 30.9 Å². The molecule has 2 aromatic carbocycles. The minimum atomic E-state index is -0.559. The van der Waals surface area contributed by atoms with E-state index in [4.69, 9.17) is 0 Å². The van der Waals surface area contributed by atoms with E-state index in [1.165, 1.54) is 22.9 Å². The van der Waals surface area contributed by atoms with Crippen molar-refractivity contribution < 1.29 is 14.0 Å². The van der Waals surface area contributed by atoms with Crippen molar-refractivity contribution in [1.82, 2.24) is 34.7 Å². The molecule has 0 aliphatic rings. The summed E-state index contributed by atoms with van der Waals surface area (Å²) in [5, 5.41) is 8.87. The molecule has 0 saturated heterocycles. The molecule has 11 nitrogen and oxygen atoms in total. The lowest BCUT2D eigenvalue weighted by molar-refractivity contribution is -0.117. The number of aromatic nitrogens is 5. The average Bonchev–Trinajstić information content (AvgIpc) is 3.33. The van der Waals surface area contributed by atoms with Gasteiger partial charge in [0.2, 0.25) is 5.91 Å². The van der Waals surface area contributed by atoms with Crippen LogP contribution in [-0.2, 0) is 11.3 Å². The first-order valence-corrected chi connectivity index (χ1v) is 14.0. The molecule has 0 saturated carbocycles. The van der Waals surface area contributed by atoms with E-state index in [0.717, 1.165) is 16.5 Å². The van der Waals surface area contributed by atoms with Gasteiger partial charge in [0.15, 0.2) is 5.82 Å². The molecular weight excluding hydrogens is 563 g/mol. The zero-order chi connectivity index (χ0) is 31.7. The van der Waals surface area contributed by atoms with Crippen LogP contribution in [0.25, 0.3) is 28.0 Å². The molecule has 0 aliphatic heterocycles. The highest BCUT2D eigenvalue weighted by Gasteiger charge is 2.21. The molecule has 3 heterocycles. The van der Waals surface area contributed by atoms with Crippen LogP contribution >= 0.6 is 0 Å². The fourth-order valence-corrected chi connectivity index (χ4v) is 5.13. The predicted molar refractivity (Wildman–Crippen MR) is 167 cm³/mol. The van der Waals surface area contributed by atoms with E-state index < -0.39 is 17.5 Å². The topological polar surface area (TPSA) is 136 Å². The third-order valence-electron chi connectivity index (χ3n) is 7.61. The number of fused-ring (bicyclic) bond motifs is 1. The number of hydrogen-bond donors (Lipinski definition) is 3. The molecule has 2 amide bonds. The summed E-state index contributed by atoms with van der Waals surface area (Å²) in [4.78, 5) is 52.7. The molecule has 0 radical (unpaired) electrons. The van der Waals surface area contributed by atoms with Gasteiger partial charge in [0.1, 0.15) is 17.5 Å². The van der Waals surface area contributed by atoms with Gasteiger partial charge in [0.05, 0.1) is 35.7 Å². The number of carbonyl (C=O) groups is 2. The van der Waals surface area contributed by atoms with Gasteiger partial charge >= 0.3 is 0 Å². The van der Waals surface area contributed by atoms with Gasteiger partial charge in [-0.25, -0.2) is 19.3 Å². The second-order valence-electron chi connectivity index (χ2n) is 10.5. The van der Waals surface area contributed by atoms with Gasteiger partial charge in [-0.2, -0.15) is 0 Å². The highest BCUT2D eigenvalue weighted by atomic mass is 19.1. The number of benzene rings is 2. The fourth-order valence-electron chi connectivity index (χ4n) is 5.13. The lowest BCUT2D eigenvalue weighted by Gasteiger charge is -2.18. The first-order valence-electron chi connectivity index (χ1n) is 14.0. The van der Waals surface area contributed by atoms with Crippen molar-refractivity contribution in [2.45, 2.75) is 40.3 Å². The first kappa shape index (κ1) is 30.2. The molecule has 0 fully saturated rings. The average molecular weight is 597 g/mol. The quantitative estimate of drug-likeness (QED) is 0.249. The Balaban J connectivity index is 1.66. The third kappa shape index (κ3) is 5.71. The van der Waals surface area contributed by atoms with Gasteiger partial charge in [-0.05, 0) is 70.1 Å². The second-order valence-corrected chi connectivity index (χ2v) is 10.5. The van der Waals surface area contributed by atoms with E-state index in [1.807, 2.05) is 17.7 Å². The summed E-state index contributed by atoms with van der Waals surface area (Å²) < 4.78 is 17.3. The Morgan fingerprint density at radius 1 is 1.05 bits per heavy atom. The largest absolute Gasteiger partial charge is 0.355 e. The zero-order valence-electron chi connectivity index (χ0n) is 25.3. The maximum absolute atomic E-state index is 14.0. The van der Waals surface area contributed by atoms with Crippen LogP contribution < -0.4 is 21.5 Å². The molecule has 0 spiro atoms. The van der Waals surface area contributed by atoms with Crippen LogP contribution in [0.3, 0.4) is 0 Å². The number of nitrogens with zero attached hydrogens (tertiary/aromatic N) is 5. The van der Waals surface area contributed by atoms with Crippen molar-refractivity contribution >= 4 is 28.5 Å². The van der Waals surface area contributed by atoms with Crippen LogP contribution in [0.1, 0.15) is 39.9 Å². The van der Waals surface area contributed by atoms with Crippen LogP contribution in [0.2, 0.25) is 0 Å². The van der Waals surface area contributed by atoms with E-state index in [1.54, 1.807) is 65.2 Å². The molecule has 1 atom stereocenters. The Morgan fingerprint density at radius 2 is 1.82 bits per heavy atom. The molecule has 44 heavy (non-hydrogen) atoms. The van der Waals surface area contributed by atoms with Crippen molar-refractivity contribution in [2.24, 2.45) is 0 Å². The highest BCUT2D eigenvalue weighted by Crippen LogP contribution is 2.27. The van der Waals surface area contributed by atoms with Crippen molar-refractivity contribution in [3.05, 3.63) is 99.2 Å². The second kappa shape index (κ2) is 12.2. The molecule has 0 aliphatic carbocycles. The van der Waals surface area contributed by atoms with Crippen LogP contribution in [-0.4, -0.2) is 56.0 Å². The number of halogens is 1. The third-order valence-corrected chi connectivity index (χ3v) is 7.61. The van der Waals surface area contributed by atoms with Gasteiger partial charge in [-0.1, -0.05) is 12.1 Å². The standard InChI is InChI=1S/C32H33FN8O3/c1-17-15-40(26-11-10-21(33)12-25(17)26)28-13-22(37-20(4)38-28)16-41-27(23-8-7-9-24(18(23)2)31(43)35-6)14-36-29(32(41)44)39-30(42)19(3)34-5/h7-15,19,34H,16H2,1-6H3,(H,35,43)(H,36,39,42)/t19-/m0/s1. The molecule has 0 bridgehead atoms. The summed E-state index contributed by atoms with van der Waals surface area (Å²) in [6.07, 6.45) is 3.38. The summed E-state index contributed by atoms with van der Waals surface area (Å²) in [6, 6.07) is 11.0. The van der Waals surface area contributed by atoms with Crippen molar-refractivity contribution in [3.63, 3.8) is 0 Å². The SMILES string of the molecule is CNC(=O)c1cccc(-c2cnc(NC(=O)[C@H](C)NC)c(=O)n2Cc2cc(-n3cc(C)c4cc(F)ccc43)nc(C)n2)c1C. The predicted octanol–water partition coefficient (Wildman–Crippen LogP) is 3.66. The number of carbonyl (C=O) groups excluding carboxylic acids is 2. The monoisotopic (exact) mass is 596 g/mol. The summed E-state index contributed by atoms with van der Waals surface area (Å²) >= 11 is 0. The zero-order valence-corrected chi connectivity index (χ0v) is 25.3. The number of aryl methyl sites for hydroxylation is 2. The Labute approximate surface area is 253 Å². The normalized spacial score (nSPS) is 11.9. The molecule has 5 rings (SSSR count). The van der Waals surface area contributed by atoms with E-state index in [9.17, 15) is 18.8 Å². The van der Waals surface area contributed by atoms with Gasteiger partial charge in [-0.3, -0.25) is 19.0 Å². The van der Waals surface area contributed by atoms with Gasteiger partial charge in [0.25, 0.3) is 11.5 Å². The minimum Gasteiger partial charge on any atom is -0.355 e. The Kier molecular flexibility index (Phi) is 8.36. The Morgan fingerprint density at radius 3 is 2.55 bits per heavy atom. The van der Waals surface area contributed by atoms with Crippen LogP contribution in [0, 0.1) is 26.6 Å². The maximum Gasteiger partial charge on any atom is 0.294 e. The lowest BCUT2D eigenvalue weighted by Crippen LogP contribution is -2.38. The molecular formula is C32H33FN8O3. The highest BCUT2D eigenvalue weighted by molar-refractivity contribution is 5.97. The molecule has 12 heteroatoms. The first-order chi connectivity index (χ1) is 21.0.